The molecule has 2 aliphatic rings. The number of ketones is 1. The van der Waals surface area contributed by atoms with Crippen LogP contribution in [0, 0.1) is 5.92 Å². The van der Waals surface area contributed by atoms with Crippen LogP contribution in [0.2, 0.25) is 5.02 Å². The van der Waals surface area contributed by atoms with E-state index in [9.17, 15) is 9.59 Å². The van der Waals surface area contributed by atoms with Gasteiger partial charge in [-0.3, -0.25) is 4.79 Å². The maximum absolute atomic E-state index is 12.9. The highest BCUT2D eigenvalue weighted by Gasteiger charge is 2.38. The van der Waals surface area contributed by atoms with Gasteiger partial charge in [-0.2, -0.15) is 0 Å². The third-order valence-corrected chi connectivity index (χ3v) is 7.73. The van der Waals surface area contributed by atoms with Crippen LogP contribution in [-0.4, -0.2) is 18.4 Å². The number of Topliss-reactive ketones (excluding diaryl/α,β-unsaturated/α-hetero) is 1. The zero-order chi connectivity index (χ0) is 26.1. The van der Waals surface area contributed by atoms with E-state index >= 15 is 0 Å². The fraction of sp³-hybridized carbons (Fsp3) is 0.152. The lowest BCUT2D eigenvalue weighted by molar-refractivity contribution is 0.0474. The van der Waals surface area contributed by atoms with Gasteiger partial charge in [-0.15, -0.1) is 0 Å². The van der Waals surface area contributed by atoms with Crippen LogP contribution in [0.3, 0.4) is 0 Å². The maximum atomic E-state index is 12.9. The Labute approximate surface area is 226 Å². The molecule has 0 unspecified atom stereocenters. The molecule has 5 heteroatoms. The lowest BCUT2D eigenvalue weighted by Crippen LogP contribution is -2.29. The van der Waals surface area contributed by atoms with Crippen molar-refractivity contribution in [1.29, 1.82) is 0 Å². The molecule has 1 heterocycles. The Bertz CT molecular complexity index is 1510. The van der Waals surface area contributed by atoms with Gasteiger partial charge in [-0.1, -0.05) is 90.5 Å². The van der Waals surface area contributed by atoms with Crippen LogP contribution in [0.1, 0.15) is 50.2 Å². The van der Waals surface area contributed by atoms with E-state index in [4.69, 9.17) is 16.3 Å². The van der Waals surface area contributed by atoms with E-state index < -0.39 is 5.97 Å². The van der Waals surface area contributed by atoms with Gasteiger partial charge in [0.15, 0.2) is 12.4 Å². The summed E-state index contributed by atoms with van der Waals surface area (Å²) in [6.07, 6.45) is 5.39. The average Bonchev–Trinajstić information content (AvgIpc) is 3.47. The number of benzene rings is 4. The Morgan fingerprint density at radius 2 is 1.55 bits per heavy atom. The Morgan fingerprint density at radius 3 is 2.32 bits per heavy atom. The Balaban J connectivity index is 1.14. The number of hydrogen-bond donors (Lipinski definition) is 1. The van der Waals surface area contributed by atoms with Gasteiger partial charge >= 0.3 is 5.97 Å². The van der Waals surface area contributed by atoms with Gasteiger partial charge in [0.1, 0.15) is 0 Å². The van der Waals surface area contributed by atoms with Gasteiger partial charge in [-0.05, 0) is 64.9 Å². The zero-order valence-electron chi connectivity index (χ0n) is 20.6. The molecule has 0 saturated heterocycles. The summed E-state index contributed by atoms with van der Waals surface area (Å²) >= 11 is 6.10. The summed E-state index contributed by atoms with van der Waals surface area (Å²) in [6.45, 7) is -0.302. The van der Waals surface area contributed by atoms with Crippen molar-refractivity contribution in [2.24, 2.45) is 5.92 Å². The van der Waals surface area contributed by atoms with Crippen molar-refractivity contribution < 1.29 is 14.3 Å². The van der Waals surface area contributed by atoms with Crippen LogP contribution >= 0.6 is 11.6 Å². The molecule has 188 valence electrons. The monoisotopic (exact) mass is 519 g/mol. The number of nitrogens with one attached hydrogen (secondary N) is 1. The lowest BCUT2D eigenvalue weighted by Gasteiger charge is -2.37. The van der Waals surface area contributed by atoms with Crippen LogP contribution < -0.4 is 5.32 Å². The van der Waals surface area contributed by atoms with Gasteiger partial charge in [0, 0.05) is 22.2 Å². The predicted octanol–water partition coefficient (Wildman–Crippen LogP) is 7.87. The minimum atomic E-state index is -0.500. The van der Waals surface area contributed by atoms with E-state index in [2.05, 4.69) is 29.6 Å². The molecule has 6 rings (SSSR count). The van der Waals surface area contributed by atoms with Crippen molar-refractivity contribution >= 4 is 29.0 Å². The topological polar surface area (TPSA) is 55.4 Å². The Kier molecular flexibility index (Phi) is 6.57. The minimum Gasteiger partial charge on any atom is -0.454 e. The van der Waals surface area contributed by atoms with Crippen molar-refractivity contribution in [1.82, 2.24) is 0 Å². The molecule has 1 aliphatic carbocycles. The van der Waals surface area contributed by atoms with E-state index in [1.165, 1.54) is 5.56 Å². The van der Waals surface area contributed by atoms with Gasteiger partial charge in [-0.25, -0.2) is 4.79 Å². The number of carbonyl (C=O) groups excluding carboxylic acids is 2. The highest BCUT2D eigenvalue weighted by atomic mass is 35.5. The third kappa shape index (κ3) is 4.75. The fourth-order valence-electron chi connectivity index (χ4n) is 5.50. The first kappa shape index (κ1) is 24.2. The molecule has 0 radical (unpaired) electrons. The van der Waals surface area contributed by atoms with E-state index in [-0.39, 0.29) is 24.3 Å². The van der Waals surface area contributed by atoms with Crippen LogP contribution in [0.25, 0.3) is 11.1 Å². The molecule has 0 bridgehead atoms. The Morgan fingerprint density at radius 1 is 0.842 bits per heavy atom. The summed E-state index contributed by atoms with van der Waals surface area (Å²) in [7, 11) is 0. The van der Waals surface area contributed by atoms with Crippen molar-refractivity contribution in [3.8, 4) is 11.1 Å². The number of carbonyl (C=O) groups is 2. The molecule has 4 nitrogen and oxygen atoms in total. The van der Waals surface area contributed by atoms with Crippen molar-refractivity contribution in [2.45, 2.75) is 18.4 Å². The van der Waals surface area contributed by atoms with E-state index in [1.54, 1.807) is 18.2 Å². The van der Waals surface area contributed by atoms with Gasteiger partial charge in [0.25, 0.3) is 0 Å². The van der Waals surface area contributed by atoms with Crippen molar-refractivity contribution in [3.63, 3.8) is 0 Å². The molecule has 0 spiro atoms. The first-order valence-corrected chi connectivity index (χ1v) is 13.1. The maximum Gasteiger partial charge on any atom is 0.338 e. The highest BCUT2D eigenvalue weighted by molar-refractivity contribution is 6.30. The number of hydrogen-bond acceptors (Lipinski definition) is 4. The zero-order valence-corrected chi connectivity index (χ0v) is 21.4. The number of fused-ring (bicyclic) bond motifs is 3. The van der Waals surface area contributed by atoms with E-state index in [0.29, 0.717) is 17.0 Å². The molecule has 3 atom stereocenters. The molecule has 1 N–H and O–H groups in total. The molecule has 4 aromatic carbocycles. The molecule has 0 fully saturated rings. The fourth-order valence-corrected chi connectivity index (χ4v) is 5.62. The van der Waals surface area contributed by atoms with Crippen LogP contribution in [0.5, 0.6) is 0 Å². The van der Waals surface area contributed by atoms with Crippen LogP contribution in [0.15, 0.2) is 109 Å². The second-order valence-corrected chi connectivity index (χ2v) is 10.2. The minimum absolute atomic E-state index is 0.156. The number of allylic oxidation sites excluding steroid dienone is 2. The second kappa shape index (κ2) is 10.3. The Hall–Kier alpha value is -4.15. The summed E-state index contributed by atoms with van der Waals surface area (Å²) in [4.78, 5) is 25.6. The third-order valence-electron chi connectivity index (χ3n) is 7.48. The summed E-state index contributed by atoms with van der Waals surface area (Å²) in [5.41, 5.74) is 6.34. The molecule has 1 aliphatic heterocycles. The quantitative estimate of drug-likeness (QED) is 0.160. The molecule has 0 amide bonds. The molecular formula is C33H26ClNO3. The van der Waals surface area contributed by atoms with Crippen LogP contribution in [0.4, 0.5) is 5.69 Å². The number of rotatable bonds is 6. The van der Waals surface area contributed by atoms with Gasteiger partial charge in [0.05, 0.1) is 11.6 Å². The summed E-state index contributed by atoms with van der Waals surface area (Å²) in [5, 5.41) is 4.39. The lowest BCUT2D eigenvalue weighted by atomic mass is 9.76. The van der Waals surface area contributed by atoms with Gasteiger partial charge < -0.3 is 10.1 Å². The summed E-state index contributed by atoms with van der Waals surface area (Å²) in [5.74, 6) is -0.192. The molecular weight excluding hydrogens is 494 g/mol. The number of halogens is 1. The van der Waals surface area contributed by atoms with Crippen LogP contribution in [-0.2, 0) is 4.74 Å². The highest BCUT2D eigenvalue weighted by Crippen LogP contribution is 2.50. The number of ether oxygens (including phenoxy) is 1. The molecule has 4 aromatic rings. The summed E-state index contributed by atoms with van der Waals surface area (Å²) in [6, 6.07) is 31.0. The summed E-state index contributed by atoms with van der Waals surface area (Å²) < 4.78 is 5.42. The molecule has 0 saturated carbocycles. The largest absolute Gasteiger partial charge is 0.454 e. The number of anilines is 1. The molecule has 38 heavy (non-hydrogen) atoms. The van der Waals surface area contributed by atoms with Crippen molar-refractivity contribution in [3.05, 3.63) is 136 Å². The standard InChI is InChI=1S/C33H26ClNO3/c34-26-16-13-24(14-17-26)32-28-8-4-7-27(28)29-19-25(15-18-30(29)35-32)33(37)38-20-31(36)23-11-9-22(10-12-23)21-5-2-1-3-6-21/h1-7,9-19,27-28,32,35H,8,20H2/t27-,28-,32-/m1/s1. The van der Waals surface area contributed by atoms with E-state index in [0.717, 1.165) is 33.8 Å². The molecule has 0 aromatic heterocycles. The van der Waals surface area contributed by atoms with Gasteiger partial charge in [0.2, 0.25) is 0 Å². The smallest absolute Gasteiger partial charge is 0.338 e. The first-order valence-electron chi connectivity index (χ1n) is 12.8. The number of esters is 1. The SMILES string of the molecule is O=C(COC(=O)c1ccc2c(c1)[C@@H]1C=CC[C@H]1[C@@H](c1ccc(Cl)cc1)N2)c1ccc(-c2ccccc2)cc1. The van der Waals surface area contributed by atoms with E-state index in [1.807, 2.05) is 66.7 Å². The normalized spacial score (nSPS) is 19.2. The second-order valence-electron chi connectivity index (χ2n) is 9.77. The first-order chi connectivity index (χ1) is 18.6. The average molecular weight is 520 g/mol. The predicted molar refractivity (Wildman–Crippen MR) is 151 cm³/mol. The van der Waals surface area contributed by atoms with Crippen molar-refractivity contribution in [2.75, 3.05) is 11.9 Å².